The molecule has 1 rings (SSSR count). The quantitative estimate of drug-likeness (QED) is 0.799. The lowest BCUT2D eigenvalue weighted by Crippen LogP contribution is -2.42. The van der Waals surface area contributed by atoms with Crippen molar-refractivity contribution in [2.75, 3.05) is 13.1 Å². The Hall–Kier alpha value is -1.42. The van der Waals surface area contributed by atoms with Crippen LogP contribution in [0.5, 0.6) is 0 Å². The van der Waals surface area contributed by atoms with Crippen molar-refractivity contribution >= 4 is 5.91 Å². The molecule has 1 aromatic rings. The molecule has 0 aliphatic carbocycles. The van der Waals surface area contributed by atoms with E-state index >= 15 is 0 Å². The maximum Gasteiger partial charge on any atom is 0.220 e. The predicted molar refractivity (Wildman–Crippen MR) is 84.7 cm³/mol. The van der Waals surface area contributed by atoms with Gasteiger partial charge in [-0.3, -0.25) is 9.69 Å². The molecule has 3 nitrogen and oxygen atoms in total. The molecule has 118 valence electrons. The van der Waals surface area contributed by atoms with E-state index in [0.717, 1.165) is 6.54 Å². The first-order chi connectivity index (χ1) is 9.91. The van der Waals surface area contributed by atoms with Crippen molar-refractivity contribution in [1.82, 2.24) is 10.2 Å². The minimum absolute atomic E-state index is 0.0225. The Morgan fingerprint density at radius 2 is 1.81 bits per heavy atom. The van der Waals surface area contributed by atoms with Crippen molar-refractivity contribution in [3.05, 3.63) is 35.6 Å². The maximum atomic E-state index is 13.4. The van der Waals surface area contributed by atoms with Crippen LogP contribution in [0, 0.1) is 5.82 Å². The third kappa shape index (κ3) is 6.25. The lowest BCUT2D eigenvalue weighted by Gasteiger charge is -2.30. The smallest absolute Gasteiger partial charge is 0.220 e. The van der Waals surface area contributed by atoms with Gasteiger partial charge in [-0.25, -0.2) is 4.39 Å². The van der Waals surface area contributed by atoms with Crippen LogP contribution in [0.25, 0.3) is 0 Å². The molecule has 4 heteroatoms. The van der Waals surface area contributed by atoms with Crippen LogP contribution in [-0.2, 0) is 11.2 Å². The molecule has 0 fully saturated rings. The highest BCUT2D eigenvalue weighted by Gasteiger charge is 2.13. The molecule has 1 amide bonds. The molecule has 21 heavy (non-hydrogen) atoms. The zero-order chi connectivity index (χ0) is 15.8. The number of carbonyl (C=O) groups is 1. The summed E-state index contributed by atoms with van der Waals surface area (Å²) in [6.07, 6.45) is 0.765. The number of nitrogens with one attached hydrogen (secondary N) is 1. The Kier molecular flexibility index (Phi) is 7.37. The average molecular weight is 294 g/mol. The van der Waals surface area contributed by atoms with Crippen LogP contribution in [-0.4, -0.2) is 36.0 Å². The number of amides is 1. The molecule has 0 aliphatic rings. The second-order valence-corrected chi connectivity index (χ2v) is 5.87. The molecule has 1 N–H and O–H groups in total. The van der Waals surface area contributed by atoms with E-state index in [9.17, 15) is 9.18 Å². The van der Waals surface area contributed by atoms with Crippen molar-refractivity contribution in [1.29, 1.82) is 0 Å². The number of hydrogen-bond acceptors (Lipinski definition) is 2. The fourth-order valence-electron chi connectivity index (χ4n) is 2.47. The average Bonchev–Trinajstić information content (AvgIpc) is 2.41. The zero-order valence-corrected chi connectivity index (χ0v) is 13.5. The van der Waals surface area contributed by atoms with Crippen molar-refractivity contribution < 1.29 is 9.18 Å². The van der Waals surface area contributed by atoms with Crippen molar-refractivity contribution in [3.63, 3.8) is 0 Å². The van der Waals surface area contributed by atoms with Gasteiger partial charge in [0, 0.05) is 31.6 Å². The van der Waals surface area contributed by atoms with Gasteiger partial charge in [0.15, 0.2) is 0 Å². The first kappa shape index (κ1) is 17.6. The molecule has 0 unspecified atom stereocenters. The molecule has 0 heterocycles. The van der Waals surface area contributed by atoms with Crippen LogP contribution in [0.1, 0.15) is 39.7 Å². The number of nitrogens with zero attached hydrogens (tertiary/aromatic N) is 1. The molecule has 0 aliphatic heterocycles. The standard InChI is InChI=1S/C17H27FN2O/c1-13(2)20(14(3)4)12-11-19-17(21)10-9-15-7-5-6-8-16(15)18/h5-8,13-14H,9-12H2,1-4H3,(H,19,21). The second-order valence-electron chi connectivity index (χ2n) is 5.87. The summed E-state index contributed by atoms with van der Waals surface area (Å²) in [5, 5.41) is 2.91. The van der Waals surface area contributed by atoms with E-state index in [1.807, 2.05) is 0 Å². The van der Waals surface area contributed by atoms with E-state index in [4.69, 9.17) is 0 Å². The monoisotopic (exact) mass is 294 g/mol. The fourth-order valence-corrected chi connectivity index (χ4v) is 2.47. The van der Waals surface area contributed by atoms with Crippen molar-refractivity contribution in [2.24, 2.45) is 0 Å². The fraction of sp³-hybridized carbons (Fsp3) is 0.588. The van der Waals surface area contributed by atoms with E-state index < -0.39 is 0 Å². The number of rotatable bonds is 8. The molecular weight excluding hydrogens is 267 g/mol. The Labute approximate surface area is 127 Å². The minimum atomic E-state index is -0.240. The molecule has 0 spiro atoms. The van der Waals surface area contributed by atoms with Crippen LogP contribution >= 0.6 is 0 Å². The number of benzene rings is 1. The Morgan fingerprint density at radius 3 is 2.38 bits per heavy atom. The predicted octanol–water partition coefficient (Wildman–Crippen LogP) is 2.99. The lowest BCUT2D eigenvalue weighted by atomic mass is 10.1. The molecule has 0 saturated carbocycles. The Bertz CT molecular complexity index is 438. The third-order valence-corrected chi connectivity index (χ3v) is 3.60. The van der Waals surface area contributed by atoms with Crippen LogP contribution in [0.3, 0.4) is 0 Å². The van der Waals surface area contributed by atoms with E-state index in [1.165, 1.54) is 6.07 Å². The first-order valence-corrected chi connectivity index (χ1v) is 7.67. The third-order valence-electron chi connectivity index (χ3n) is 3.60. The van der Waals surface area contributed by atoms with Gasteiger partial charge in [0.2, 0.25) is 5.91 Å². The van der Waals surface area contributed by atoms with Gasteiger partial charge in [-0.1, -0.05) is 18.2 Å². The van der Waals surface area contributed by atoms with Crippen LogP contribution in [0.4, 0.5) is 4.39 Å². The number of halogens is 1. The van der Waals surface area contributed by atoms with Crippen LogP contribution < -0.4 is 5.32 Å². The normalized spacial score (nSPS) is 11.4. The van der Waals surface area contributed by atoms with E-state index in [-0.39, 0.29) is 11.7 Å². The highest BCUT2D eigenvalue weighted by atomic mass is 19.1. The Morgan fingerprint density at radius 1 is 1.19 bits per heavy atom. The van der Waals surface area contributed by atoms with Gasteiger partial charge in [-0.05, 0) is 45.7 Å². The number of carbonyl (C=O) groups excluding carboxylic acids is 1. The summed E-state index contributed by atoms with van der Waals surface area (Å²) in [6, 6.07) is 7.52. The van der Waals surface area contributed by atoms with Gasteiger partial charge < -0.3 is 5.32 Å². The summed E-state index contributed by atoms with van der Waals surface area (Å²) < 4.78 is 13.4. The highest BCUT2D eigenvalue weighted by molar-refractivity contribution is 5.76. The summed E-state index contributed by atoms with van der Waals surface area (Å²) in [6.45, 7) is 10.1. The molecule has 1 aromatic carbocycles. The van der Waals surface area contributed by atoms with E-state index in [0.29, 0.717) is 37.0 Å². The van der Waals surface area contributed by atoms with Gasteiger partial charge >= 0.3 is 0 Å². The zero-order valence-electron chi connectivity index (χ0n) is 13.5. The van der Waals surface area contributed by atoms with E-state index in [2.05, 4.69) is 37.9 Å². The molecular formula is C17H27FN2O. The maximum absolute atomic E-state index is 13.4. The van der Waals surface area contributed by atoms with Crippen molar-refractivity contribution in [3.8, 4) is 0 Å². The molecule has 0 aromatic heterocycles. The summed E-state index contributed by atoms with van der Waals surface area (Å²) in [5.74, 6) is -0.262. The molecule has 0 radical (unpaired) electrons. The van der Waals surface area contributed by atoms with Gasteiger partial charge in [0.25, 0.3) is 0 Å². The Balaban J connectivity index is 2.30. The van der Waals surface area contributed by atoms with Gasteiger partial charge in [-0.15, -0.1) is 0 Å². The van der Waals surface area contributed by atoms with Crippen molar-refractivity contribution in [2.45, 2.75) is 52.6 Å². The SMILES string of the molecule is CC(C)N(CCNC(=O)CCc1ccccc1F)C(C)C. The summed E-state index contributed by atoms with van der Waals surface area (Å²) in [4.78, 5) is 14.1. The van der Waals surface area contributed by atoms with Gasteiger partial charge in [0.1, 0.15) is 5.82 Å². The summed E-state index contributed by atoms with van der Waals surface area (Å²) >= 11 is 0. The summed E-state index contributed by atoms with van der Waals surface area (Å²) in [7, 11) is 0. The summed E-state index contributed by atoms with van der Waals surface area (Å²) in [5.41, 5.74) is 0.596. The minimum Gasteiger partial charge on any atom is -0.355 e. The largest absolute Gasteiger partial charge is 0.355 e. The van der Waals surface area contributed by atoms with Gasteiger partial charge in [-0.2, -0.15) is 0 Å². The second kappa shape index (κ2) is 8.78. The van der Waals surface area contributed by atoms with Crippen LogP contribution in [0.2, 0.25) is 0 Å². The lowest BCUT2D eigenvalue weighted by molar-refractivity contribution is -0.121. The first-order valence-electron chi connectivity index (χ1n) is 7.67. The topological polar surface area (TPSA) is 32.3 Å². The highest BCUT2D eigenvalue weighted by Crippen LogP contribution is 2.08. The van der Waals surface area contributed by atoms with Crippen LogP contribution in [0.15, 0.2) is 24.3 Å². The number of aryl methyl sites for hydroxylation is 1. The van der Waals surface area contributed by atoms with E-state index in [1.54, 1.807) is 18.2 Å². The number of hydrogen-bond donors (Lipinski definition) is 1. The molecule has 0 atom stereocenters. The molecule has 0 saturated heterocycles. The molecule has 0 bridgehead atoms. The van der Waals surface area contributed by atoms with Gasteiger partial charge in [0.05, 0.1) is 0 Å².